The summed E-state index contributed by atoms with van der Waals surface area (Å²) < 4.78 is 0. The molecule has 2 fully saturated rings. The van der Waals surface area contributed by atoms with Crippen molar-refractivity contribution in [1.82, 2.24) is 15.1 Å². The predicted octanol–water partition coefficient (Wildman–Crippen LogP) is 0.858. The number of hydrogen-bond acceptors (Lipinski definition) is 4. The summed E-state index contributed by atoms with van der Waals surface area (Å²) in [5.41, 5.74) is 0. The quantitative estimate of drug-likeness (QED) is 0.888. The predicted molar refractivity (Wildman–Crippen MR) is 77.1 cm³/mol. The van der Waals surface area contributed by atoms with E-state index in [1.165, 1.54) is 4.88 Å². The normalized spacial score (nSPS) is 26.6. The molecule has 3 rings (SSSR count). The summed E-state index contributed by atoms with van der Waals surface area (Å²) >= 11 is 1.71. The highest BCUT2D eigenvalue weighted by Crippen LogP contribution is 2.26. The lowest BCUT2D eigenvalue weighted by molar-refractivity contribution is -0.131. The second kappa shape index (κ2) is 5.61. The fourth-order valence-corrected chi connectivity index (χ4v) is 3.88. The van der Waals surface area contributed by atoms with E-state index in [-0.39, 0.29) is 5.91 Å². The average molecular weight is 279 g/mol. The number of nitrogens with zero attached hydrogens (tertiary/aromatic N) is 2. The maximum atomic E-state index is 12.2. The molecule has 0 aliphatic carbocycles. The van der Waals surface area contributed by atoms with Crippen LogP contribution in [0.15, 0.2) is 17.5 Å². The zero-order chi connectivity index (χ0) is 13.2. The SMILES string of the molecule is CN(Cc1cccs1)C(=O)CN1C[C@H]2CNC[C@H]2C1. The van der Waals surface area contributed by atoms with E-state index in [2.05, 4.69) is 21.7 Å². The number of carbonyl (C=O) groups excluding carboxylic acids is 1. The molecule has 3 heterocycles. The molecule has 1 amide bonds. The number of likely N-dealkylation sites (N-methyl/N-ethyl adjacent to an activating group) is 1. The first-order chi connectivity index (χ1) is 9.22. The van der Waals surface area contributed by atoms with E-state index >= 15 is 0 Å². The van der Waals surface area contributed by atoms with Crippen LogP contribution in [0.3, 0.4) is 0 Å². The van der Waals surface area contributed by atoms with Gasteiger partial charge in [-0.15, -0.1) is 11.3 Å². The molecule has 0 spiro atoms. The summed E-state index contributed by atoms with van der Waals surface area (Å²) in [6.07, 6.45) is 0. The highest BCUT2D eigenvalue weighted by atomic mass is 32.1. The Bertz CT molecular complexity index is 422. The van der Waals surface area contributed by atoms with E-state index < -0.39 is 0 Å². The Labute approximate surface area is 118 Å². The van der Waals surface area contributed by atoms with Gasteiger partial charge in [0.05, 0.1) is 13.1 Å². The van der Waals surface area contributed by atoms with Gasteiger partial charge in [0.25, 0.3) is 0 Å². The van der Waals surface area contributed by atoms with Gasteiger partial charge in [-0.05, 0) is 36.4 Å². The fourth-order valence-electron chi connectivity index (χ4n) is 3.12. The summed E-state index contributed by atoms with van der Waals surface area (Å²) in [6, 6.07) is 4.12. The van der Waals surface area contributed by atoms with Crippen molar-refractivity contribution in [3.63, 3.8) is 0 Å². The van der Waals surface area contributed by atoms with Gasteiger partial charge in [-0.3, -0.25) is 9.69 Å². The molecule has 0 bridgehead atoms. The minimum absolute atomic E-state index is 0.237. The van der Waals surface area contributed by atoms with E-state index in [1.807, 2.05) is 18.0 Å². The first kappa shape index (κ1) is 13.1. The van der Waals surface area contributed by atoms with Crippen molar-refractivity contribution in [2.45, 2.75) is 6.54 Å². The second-order valence-electron chi connectivity index (χ2n) is 5.70. The van der Waals surface area contributed by atoms with Gasteiger partial charge in [0, 0.05) is 25.0 Å². The molecule has 1 aromatic heterocycles. The third-order valence-corrected chi connectivity index (χ3v) is 5.08. The Morgan fingerprint density at radius 3 is 2.84 bits per heavy atom. The van der Waals surface area contributed by atoms with Crippen LogP contribution in [-0.2, 0) is 11.3 Å². The zero-order valence-corrected chi connectivity index (χ0v) is 12.2. The monoisotopic (exact) mass is 279 g/mol. The molecule has 2 aliphatic heterocycles. The van der Waals surface area contributed by atoms with Gasteiger partial charge in [-0.2, -0.15) is 0 Å². The van der Waals surface area contributed by atoms with Crippen molar-refractivity contribution in [1.29, 1.82) is 0 Å². The molecular weight excluding hydrogens is 258 g/mol. The Hall–Kier alpha value is -0.910. The van der Waals surface area contributed by atoms with E-state index in [4.69, 9.17) is 0 Å². The highest BCUT2D eigenvalue weighted by molar-refractivity contribution is 7.09. The Balaban J connectivity index is 1.48. The number of hydrogen-bond donors (Lipinski definition) is 1. The molecule has 0 unspecified atom stereocenters. The van der Waals surface area contributed by atoms with Crippen LogP contribution in [0.4, 0.5) is 0 Å². The molecule has 4 nitrogen and oxygen atoms in total. The smallest absolute Gasteiger partial charge is 0.236 e. The first-order valence-electron chi connectivity index (χ1n) is 6.92. The minimum atomic E-state index is 0.237. The lowest BCUT2D eigenvalue weighted by Gasteiger charge is -2.21. The Morgan fingerprint density at radius 1 is 1.47 bits per heavy atom. The molecule has 0 aromatic carbocycles. The fraction of sp³-hybridized carbons (Fsp3) is 0.643. The van der Waals surface area contributed by atoms with E-state index in [1.54, 1.807) is 11.3 Å². The summed E-state index contributed by atoms with van der Waals surface area (Å²) in [5, 5.41) is 5.49. The molecule has 0 radical (unpaired) electrons. The summed E-state index contributed by atoms with van der Waals surface area (Å²) in [5.74, 6) is 1.76. The number of amides is 1. The maximum absolute atomic E-state index is 12.2. The minimum Gasteiger partial charge on any atom is -0.340 e. The van der Waals surface area contributed by atoms with Crippen molar-refractivity contribution in [2.24, 2.45) is 11.8 Å². The molecule has 1 aromatic rings. The van der Waals surface area contributed by atoms with Crippen LogP contribution in [0.5, 0.6) is 0 Å². The zero-order valence-electron chi connectivity index (χ0n) is 11.3. The molecular formula is C14H21N3OS. The van der Waals surface area contributed by atoms with Gasteiger partial charge in [-0.1, -0.05) is 6.07 Å². The third kappa shape index (κ3) is 2.99. The molecule has 2 atom stereocenters. The molecule has 19 heavy (non-hydrogen) atoms. The van der Waals surface area contributed by atoms with E-state index in [0.717, 1.165) is 44.6 Å². The number of thiophene rings is 1. The second-order valence-corrected chi connectivity index (χ2v) is 6.73. The number of likely N-dealkylation sites (tertiary alicyclic amines) is 1. The number of fused-ring (bicyclic) bond motifs is 1. The van der Waals surface area contributed by atoms with Crippen LogP contribution in [-0.4, -0.2) is 55.5 Å². The Morgan fingerprint density at radius 2 is 2.21 bits per heavy atom. The molecule has 5 heteroatoms. The van der Waals surface area contributed by atoms with Crippen LogP contribution in [0.2, 0.25) is 0 Å². The Kier molecular flexibility index (Phi) is 3.86. The molecule has 2 aliphatic rings. The summed E-state index contributed by atoms with van der Waals surface area (Å²) in [7, 11) is 1.90. The van der Waals surface area contributed by atoms with Crippen molar-refractivity contribution in [3.8, 4) is 0 Å². The average Bonchev–Trinajstić information content (AvgIpc) is 3.04. The van der Waals surface area contributed by atoms with Gasteiger partial charge in [0.1, 0.15) is 0 Å². The van der Waals surface area contributed by atoms with E-state index in [9.17, 15) is 4.79 Å². The number of carbonyl (C=O) groups is 1. The van der Waals surface area contributed by atoms with Crippen LogP contribution < -0.4 is 5.32 Å². The van der Waals surface area contributed by atoms with Gasteiger partial charge >= 0.3 is 0 Å². The maximum Gasteiger partial charge on any atom is 0.236 e. The first-order valence-corrected chi connectivity index (χ1v) is 7.80. The lowest BCUT2D eigenvalue weighted by Crippen LogP contribution is -2.38. The number of rotatable bonds is 4. The van der Waals surface area contributed by atoms with Crippen molar-refractivity contribution >= 4 is 17.2 Å². The van der Waals surface area contributed by atoms with Crippen LogP contribution >= 0.6 is 11.3 Å². The van der Waals surface area contributed by atoms with Crippen LogP contribution in [0, 0.1) is 11.8 Å². The van der Waals surface area contributed by atoms with Crippen molar-refractivity contribution in [2.75, 3.05) is 39.8 Å². The highest BCUT2D eigenvalue weighted by Gasteiger charge is 2.36. The van der Waals surface area contributed by atoms with Gasteiger partial charge in [-0.25, -0.2) is 0 Å². The van der Waals surface area contributed by atoms with Crippen LogP contribution in [0.1, 0.15) is 4.88 Å². The summed E-state index contributed by atoms with van der Waals surface area (Å²) in [6.45, 7) is 5.72. The third-order valence-electron chi connectivity index (χ3n) is 4.22. The standard InChI is InChI=1S/C14H21N3OS/c1-16(9-13-3-2-4-19-13)14(18)10-17-7-11-5-15-6-12(11)8-17/h2-4,11-12,15H,5-10H2,1H3/t11-,12+. The van der Waals surface area contributed by atoms with Gasteiger partial charge in [0.15, 0.2) is 0 Å². The molecule has 0 saturated carbocycles. The molecule has 104 valence electrons. The molecule has 2 saturated heterocycles. The molecule has 1 N–H and O–H groups in total. The van der Waals surface area contributed by atoms with E-state index in [0.29, 0.717) is 6.54 Å². The van der Waals surface area contributed by atoms with Crippen molar-refractivity contribution in [3.05, 3.63) is 22.4 Å². The lowest BCUT2D eigenvalue weighted by atomic mass is 10.0. The van der Waals surface area contributed by atoms with Crippen molar-refractivity contribution < 1.29 is 4.79 Å². The largest absolute Gasteiger partial charge is 0.340 e. The van der Waals surface area contributed by atoms with Crippen LogP contribution in [0.25, 0.3) is 0 Å². The summed E-state index contributed by atoms with van der Waals surface area (Å²) in [4.78, 5) is 17.6. The van der Waals surface area contributed by atoms with Gasteiger partial charge in [0.2, 0.25) is 5.91 Å². The van der Waals surface area contributed by atoms with Gasteiger partial charge < -0.3 is 10.2 Å². The topological polar surface area (TPSA) is 35.6 Å². The number of nitrogens with one attached hydrogen (secondary N) is 1.